The summed E-state index contributed by atoms with van der Waals surface area (Å²) >= 11 is 2.02. The van der Waals surface area contributed by atoms with Crippen LogP contribution in [0.5, 0.6) is 0 Å². The molecule has 1 saturated heterocycles. The molecule has 1 N–H and O–H groups in total. The van der Waals surface area contributed by atoms with Gasteiger partial charge in [0, 0.05) is 18.8 Å². The molecule has 0 spiro atoms. The number of nitrogens with one attached hydrogen (secondary N) is 1. The van der Waals surface area contributed by atoms with E-state index < -0.39 is 0 Å². The largest absolute Gasteiger partial charge is 0.312 e. The summed E-state index contributed by atoms with van der Waals surface area (Å²) in [5.74, 6) is 0. The van der Waals surface area contributed by atoms with Crippen molar-refractivity contribution < 1.29 is 0 Å². The fourth-order valence-corrected chi connectivity index (χ4v) is 2.17. The number of hydrogen-bond acceptors (Lipinski definition) is 3. The molecule has 1 aliphatic rings. The minimum atomic E-state index is 0.0642. The molecule has 1 atom stereocenters. The molecule has 76 valence electrons. The van der Waals surface area contributed by atoms with E-state index in [2.05, 4.69) is 10.3 Å². The topological polar surface area (TPSA) is 46.9 Å². The lowest BCUT2D eigenvalue weighted by molar-refractivity contribution is 0.493. The van der Waals surface area contributed by atoms with Crippen molar-refractivity contribution in [3.8, 4) is 0 Å². The predicted molar refractivity (Wildman–Crippen MR) is 62.2 cm³/mol. The highest BCUT2D eigenvalue weighted by Crippen LogP contribution is 2.06. The lowest BCUT2D eigenvalue weighted by Crippen LogP contribution is -2.33. The summed E-state index contributed by atoms with van der Waals surface area (Å²) in [6, 6.07) is 0.438. The predicted octanol–water partition coefficient (Wildman–Crippen LogP) is 0.600. The molecule has 0 bridgehead atoms. The summed E-state index contributed by atoms with van der Waals surface area (Å²) in [6.07, 6.45) is 5.57. The summed E-state index contributed by atoms with van der Waals surface area (Å²) < 4.78 is 2.37. The van der Waals surface area contributed by atoms with Crippen LogP contribution in [-0.4, -0.2) is 22.1 Å². The first kappa shape index (κ1) is 10.1. The molecular formula is C9H12IN3O. The van der Waals surface area contributed by atoms with Crippen LogP contribution in [0.4, 0.5) is 0 Å². The van der Waals surface area contributed by atoms with E-state index >= 15 is 0 Å². The van der Waals surface area contributed by atoms with Crippen LogP contribution in [-0.2, 0) is 6.54 Å². The normalized spacial score (nSPS) is 21.4. The molecule has 2 heterocycles. The summed E-state index contributed by atoms with van der Waals surface area (Å²) in [5, 5.41) is 3.36. The van der Waals surface area contributed by atoms with Crippen LogP contribution in [0.2, 0.25) is 0 Å². The highest BCUT2D eigenvalue weighted by Gasteiger charge is 2.15. The first-order valence-corrected chi connectivity index (χ1v) is 5.78. The van der Waals surface area contributed by atoms with Crippen LogP contribution < -0.4 is 10.9 Å². The van der Waals surface area contributed by atoms with Gasteiger partial charge >= 0.3 is 0 Å². The third kappa shape index (κ3) is 2.14. The molecule has 0 aliphatic carbocycles. The maximum atomic E-state index is 11.6. The molecule has 1 aromatic rings. The Kier molecular flexibility index (Phi) is 3.17. The van der Waals surface area contributed by atoms with Gasteiger partial charge in [-0.2, -0.15) is 0 Å². The van der Waals surface area contributed by atoms with Crippen LogP contribution in [0.3, 0.4) is 0 Å². The zero-order valence-electron chi connectivity index (χ0n) is 7.74. The van der Waals surface area contributed by atoms with Crippen molar-refractivity contribution in [2.24, 2.45) is 0 Å². The average Bonchev–Trinajstić information content (AvgIpc) is 2.66. The Bertz CT molecular complexity index is 371. The third-order valence-corrected chi connectivity index (χ3v) is 3.18. The summed E-state index contributed by atoms with van der Waals surface area (Å²) in [7, 11) is 0. The Balaban J connectivity index is 2.16. The Morgan fingerprint density at radius 3 is 3.29 bits per heavy atom. The van der Waals surface area contributed by atoms with Crippen LogP contribution in [0.15, 0.2) is 17.3 Å². The van der Waals surface area contributed by atoms with Gasteiger partial charge < -0.3 is 5.32 Å². The zero-order valence-corrected chi connectivity index (χ0v) is 9.90. The number of nitrogens with zero attached hydrogens (tertiary/aromatic N) is 2. The highest BCUT2D eigenvalue weighted by molar-refractivity contribution is 14.1. The Hall–Kier alpha value is -0.430. The minimum Gasteiger partial charge on any atom is -0.312 e. The Morgan fingerprint density at radius 1 is 1.71 bits per heavy atom. The van der Waals surface area contributed by atoms with E-state index in [1.165, 1.54) is 6.42 Å². The molecule has 0 unspecified atom stereocenters. The molecular weight excluding hydrogens is 293 g/mol. The van der Waals surface area contributed by atoms with E-state index in [9.17, 15) is 4.79 Å². The second kappa shape index (κ2) is 4.39. The van der Waals surface area contributed by atoms with Crippen molar-refractivity contribution in [2.45, 2.75) is 25.4 Å². The van der Waals surface area contributed by atoms with Crippen molar-refractivity contribution in [3.63, 3.8) is 0 Å². The van der Waals surface area contributed by atoms with Crippen LogP contribution in [0.1, 0.15) is 12.8 Å². The van der Waals surface area contributed by atoms with E-state index in [1.54, 1.807) is 17.1 Å². The van der Waals surface area contributed by atoms with Crippen LogP contribution >= 0.6 is 22.6 Å². The van der Waals surface area contributed by atoms with Gasteiger partial charge in [-0.3, -0.25) is 9.36 Å². The van der Waals surface area contributed by atoms with E-state index in [0.29, 0.717) is 9.61 Å². The fourth-order valence-electron chi connectivity index (χ4n) is 1.70. The minimum absolute atomic E-state index is 0.0642. The van der Waals surface area contributed by atoms with Gasteiger partial charge in [0.05, 0.1) is 9.90 Å². The molecule has 2 rings (SSSR count). The van der Waals surface area contributed by atoms with Crippen molar-refractivity contribution in [1.29, 1.82) is 0 Å². The van der Waals surface area contributed by atoms with Crippen molar-refractivity contribution in [3.05, 3.63) is 26.4 Å². The lowest BCUT2D eigenvalue weighted by Gasteiger charge is -2.11. The molecule has 5 heteroatoms. The number of aromatic nitrogens is 2. The maximum absolute atomic E-state index is 11.6. The first-order chi connectivity index (χ1) is 6.77. The van der Waals surface area contributed by atoms with E-state index in [1.807, 2.05) is 22.6 Å². The standard InChI is InChI=1S/C9H12IN3O/c10-8-4-11-6-13(9(8)14)5-7-2-1-3-12-7/h4,6-7,12H,1-3,5H2/t7-/m1/s1. The van der Waals surface area contributed by atoms with Gasteiger partial charge in [-0.05, 0) is 42.0 Å². The summed E-state index contributed by atoms with van der Waals surface area (Å²) in [6.45, 7) is 1.81. The van der Waals surface area contributed by atoms with Crippen molar-refractivity contribution in [1.82, 2.24) is 14.9 Å². The van der Waals surface area contributed by atoms with Gasteiger partial charge in [0.2, 0.25) is 0 Å². The second-order valence-electron chi connectivity index (χ2n) is 3.49. The van der Waals surface area contributed by atoms with Gasteiger partial charge in [0.25, 0.3) is 5.56 Å². The lowest BCUT2D eigenvalue weighted by atomic mass is 10.2. The zero-order chi connectivity index (χ0) is 9.97. The Labute approximate surface area is 95.9 Å². The molecule has 1 aliphatic heterocycles. The number of halogens is 1. The average molecular weight is 305 g/mol. The van der Waals surface area contributed by atoms with Crippen LogP contribution in [0.25, 0.3) is 0 Å². The maximum Gasteiger partial charge on any atom is 0.266 e. The first-order valence-electron chi connectivity index (χ1n) is 4.70. The van der Waals surface area contributed by atoms with Crippen LogP contribution in [0, 0.1) is 3.57 Å². The molecule has 0 saturated carbocycles. The monoisotopic (exact) mass is 305 g/mol. The van der Waals surface area contributed by atoms with E-state index in [0.717, 1.165) is 19.5 Å². The summed E-state index contributed by atoms with van der Waals surface area (Å²) in [5.41, 5.74) is 0.0642. The van der Waals surface area contributed by atoms with Crippen molar-refractivity contribution >= 4 is 22.6 Å². The SMILES string of the molecule is O=c1c(I)cncn1C[C@H]1CCCN1. The fraction of sp³-hybridized carbons (Fsp3) is 0.556. The van der Waals surface area contributed by atoms with Gasteiger partial charge in [-0.1, -0.05) is 0 Å². The molecule has 1 fully saturated rings. The van der Waals surface area contributed by atoms with Gasteiger partial charge in [0.1, 0.15) is 0 Å². The van der Waals surface area contributed by atoms with Gasteiger partial charge in [-0.15, -0.1) is 0 Å². The van der Waals surface area contributed by atoms with Gasteiger partial charge in [-0.25, -0.2) is 4.98 Å². The molecule has 1 aromatic heterocycles. The van der Waals surface area contributed by atoms with Crippen molar-refractivity contribution in [2.75, 3.05) is 6.54 Å². The molecule has 4 nitrogen and oxygen atoms in total. The highest BCUT2D eigenvalue weighted by atomic mass is 127. The smallest absolute Gasteiger partial charge is 0.266 e. The molecule has 14 heavy (non-hydrogen) atoms. The number of rotatable bonds is 2. The second-order valence-corrected chi connectivity index (χ2v) is 4.65. The summed E-state index contributed by atoms with van der Waals surface area (Å²) in [4.78, 5) is 15.7. The molecule has 0 radical (unpaired) electrons. The Morgan fingerprint density at radius 2 is 2.57 bits per heavy atom. The number of hydrogen-bond donors (Lipinski definition) is 1. The quantitative estimate of drug-likeness (QED) is 0.814. The van der Waals surface area contributed by atoms with E-state index in [-0.39, 0.29) is 5.56 Å². The van der Waals surface area contributed by atoms with E-state index in [4.69, 9.17) is 0 Å². The van der Waals surface area contributed by atoms with Gasteiger partial charge in [0.15, 0.2) is 0 Å². The molecule has 0 amide bonds. The third-order valence-electron chi connectivity index (χ3n) is 2.44. The molecule has 0 aromatic carbocycles.